The van der Waals surface area contributed by atoms with Crippen LogP contribution in [0.3, 0.4) is 0 Å². The van der Waals surface area contributed by atoms with Crippen LogP contribution in [0.15, 0.2) is 34.2 Å². The minimum Gasteiger partial charge on any atom is -0.461 e. The number of ether oxygens (including phenoxy) is 1. The van der Waals surface area contributed by atoms with Crippen LogP contribution >= 0.6 is 22.9 Å². The van der Waals surface area contributed by atoms with E-state index in [2.05, 4.69) is 10.1 Å². The molecule has 4 rings (SSSR count). The summed E-state index contributed by atoms with van der Waals surface area (Å²) in [7, 11) is 0. The number of hydrogen-bond donors (Lipinski definition) is 0. The molecule has 3 aromatic rings. The minimum absolute atomic E-state index is 0.0894. The number of benzene rings is 1. The lowest BCUT2D eigenvalue weighted by molar-refractivity contribution is 0.0520. The number of carbonyl (C=O) groups excluding carboxylic acids is 2. The Bertz CT molecular complexity index is 1080. The number of likely N-dealkylation sites (tertiary alicyclic amines) is 1. The van der Waals surface area contributed by atoms with E-state index in [0.717, 1.165) is 23.4 Å². The van der Waals surface area contributed by atoms with E-state index in [-0.39, 0.29) is 11.8 Å². The maximum atomic E-state index is 13.3. The van der Waals surface area contributed by atoms with Gasteiger partial charge in [-0.05, 0) is 38.8 Å². The van der Waals surface area contributed by atoms with Crippen molar-refractivity contribution >= 4 is 34.8 Å². The number of halogens is 1. The zero-order chi connectivity index (χ0) is 22.0. The van der Waals surface area contributed by atoms with Gasteiger partial charge in [0.25, 0.3) is 5.91 Å². The number of amides is 1. The summed E-state index contributed by atoms with van der Waals surface area (Å²) in [5, 5.41) is 7.38. The van der Waals surface area contributed by atoms with Crippen molar-refractivity contribution in [2.75, 3.05) is 19.7 Å². The van der Waals surface area contributed by atoms with Gasteiger partial charge in [0.1, 0.15) is 17.0 Å². The van der Waals surface area contributed by atoms with Gasteiger partial charge in [-0.2, -0.15) is 0 Å². The van der Waals surface area contributed by atoms with E-state index >= 15 is 0 Å². The first-order valence-electron chi connectivity index (χ1n) is 10.1. The number of thiazole rings is 1. The molecular formula is C22H22ClN3O4S. The molecule has 0 saturated carbocycles. The number of nitrogens with zero attached hydrogens (tertiary/aromatic N) is 3. The number of esters is 1. The number of hydrogen-bond acceptors (Lipinski definition) is 7. The van der Waals surface area contributed by atoms with Crippen molar-refractivity contribution in [3.8, 4) is 11.3 Å². The largest absolute Gasteiger partial charge is 0.461 e. The highest BCUT2D eigenvalue weighted by atomic mass is 35.5. The molecular weight excluding hydrogens is 438 g/mol. The van der Waals surface area contributed by atoms with Gasteiger partial charge in [0, 0.05) is 35.0 Å². The summed E-state index contributed by atoms with van der Waals surface area (Å²) in [6, 6.07) is 7.18. The van der Waals surface area contributed by atoms with Gasteiger partial charge in [-0.25, -0.2) is 9.78 Å². The van der Waals surface area contributed by atoms with Crippen LogP contribution in [0.2, 0.25) is 5.02 Å². The standard InChI is InChI=1S/C22H22ClN3O4S/c1-3-29-22(28)17-12-31-20(24-17)15-8-10-26(11-9-15)21(27)18-13(2)30-25-19(18)14-4-6-16(23)7-5-14/h4-7,12,15H,3,8-11H2,1-2H3. The first-order chi connectivity index (χ1) is 15.0. The highest BCUT2D eigenvalue weighted by Crippen LogP contribution is 2.33. The smallest absolute Gasteiger partial charge is 0.357 e. The lowest BCUT2D eigenvalue weighted by atomic mass is 9.96. The molecule has 31 heavy (non-hydrogen) atoms. The molecule has 162 valence electrons. The second-order valence-electron chi connectivity index (χ2n) is 7.33. The molecule has 0 unspecified atom stereocenters. The van der Waals surface area contributed by atoms with Crippen LogP contribution in [0.1, 0.15) is 57.3 Å². The average molecular weight is 460 g/mol. The molecule has 9 heteroatoms. The number of aryl methyl sites for hydroxylation is 1. The van der Waals surface area contributed by atoms with Crippen molar-refractivity contribution in [2.24, 2.45) is 0 Å². The van der Waals surface area contributed by atoms with E-state index in [1.165, 1.54) is 11.3 Å². The predicted molar refractivity (Wildman–Crippen MR) is 118 cm³/mol. The summed E-state index contributed by atoms with van der Waals surface area (Å²) < 4.78 is 10.4. The average Bonchev–Trinajstić information content (AvgIpc) is 3.41. The molecule has 3 heterocycles. The van der Waals surface area contributed by atoms with E-state index in [0.29, 0.717) is 47.4 Å². The van der Waals surface area contributed by atoms with Crippen LogP contribution in [0, 0.1) is 6.92 Å². The third-order valence-electron chi connectivity index (χ3n) is 5.33. The van der Waals surface area contributed by atoms with Crippen LogP contribution in [0.4, 0.5) is 0 Å². The van der Waals surface area contributed by atoms with E-state index < -0.39 is 5.97 Å². The quantitative estimate of drug-likeness (QED) is 0.501. The first kappa shape index (κ1) is 21.5. The highest BCUT2D eigenvalue weighted by Gasteiger charge is 2.31. The fourth-order valence-electron chi connectivity index (χ4n) is 3.69. The molecule has 0 aliphatic carbocycles. The fourth-order valence-corrected chi connectivity index (χ4v) is 4.78. The van der Waals surface area contributed by atoms with E-state index in [9.17, 15) is 9.59 Å². The number of aromatic nitrogens is 2. The molecule has 1 saturated heterocycles. The Balaban J connectivity index is 1.45. The van der Waals surface area contributed by atoms with Crippen LogP contribution in [0.5, 0.6) is 0 Å². The Morgan fingerprint density at radius 1 is 1.26 bits per heavy atom. The monoisotopic (exact) mass is 459 g/mol. The number of carbonyl (C=O) groups is 2. The van der Waals surface area contributed by atoms with Gasteiger partial charge in [-0.3, -0.25) is 4.79 Å². The molecule has 0 spiro atoms. The first-order valence-corrected chi connectivity index (χ1v) is 11.4. The molecule has 1 aromatic carbocycles. The summed E-state index contributed by atoms with van der Waals surface area (Å²) >= 11 is 7.45. The summed E-state index contributed by atoms with van der Waals surface area (Å²) in [4.78, 5) is 31.4. The van der Waals surface area contributed by atoms with Crippen molar-refractivity contribution in [3.63, 3.8) is 0 Å². The number of rotatable bonds is 5. The molecule has 0 radical (unpaired) electrons. The van der Waals surface area contributed by atoms with Gasteiger partial charge in [0.05, 0.1) is 11.6 Å². The molecule has 7 nitrogen and oxygen atoms in total. The third-order valence-corrected chi connectivity index (χ3v) is 6.59. The molecule has 1 amide bonds. The van der Waals surface area contributed by atoms with Gasteiger partial charge in [0.2, 0.25) is 0 Å². The Hall–Kier alpha value is -2.71. The van der Waals surface area contributed by atoms with Crippen LogP contribution in [-0.4, -0.2) is 46.6 Å². The van der Waals surface area contributed by atoms with Crippen LogP contribution in [0.25, 0.3) is 11.3 Å². The van der Waals surface area contributed by atoms with E-state index in [1.54, 1.807) is 31.4 Å². The van der Waals surface area contributed by atoms with Gasteiger partial charge < -0.3 is 14.2 Å². The summed E-state index contributed by atoms with van der Waals surface area (Å²) in [6.07, 6.45) is 1.56. The van der Waals surface area contributed by atoms with Crippen molar-refractivity contribution in [1.82, 2.24) is 15.0 Å². The van der Waals surface area contributed by atoms with Gasteiger partial charge >= 0.3 is 5.97 Å². The lowest BCUT2D eigenvalue weighted by Gasteiger charge is -2.31. The maximum absolute atomic E-state index is 13.3. The van der Waals surface area contributed by atoms with Gasteiger partial charge in [-0.1, -0.05) is 28.9 Å². The summed E-state index contributed by atoms with van der Waals surface area (Å²) in [5.41, 5.74) is 2.15. The third kappa shape index (κ3) is 4.50. The fraction of sp³-hybridized carbons (Fsp3) is 0.364. The highest BCUT2D eigenvalue weighted by molar-refractivity contribution is 7.09. The molecule has 2 aromatic heterocycles. The van der Waals surface area contributed by atoms with Crippen molar-refractivity contribution < 1.29 is 18.8 Å². The normalized spacial score (nSPS) is 14.6. The Labute approximate surface area is 189 Å². The zero-order valence-electron chi connectivity index (χ0n) is 17.3. The molecule has 0 N–H and O–H groups in total. The summed E-state index contributed by atoms with van der Waals surface area (Å²) in [6.45, 7) is 5.05. The second kappa shape index (κ2) is 9.20. The predicted octanol–water partition coefficient (Wildman–Crippen LogP) is 4.96. The van der Waals surface area contributed by atoms with Crippen LogP contribution < -0.4 is 0 Å². The lowest BCUT2D eigenvalue weighted by Crippen LogP contribution is -2.38. The van der Waals surface area contributed by atoms with Crippen molar-refractivity contribution in [1.29, 1.82) is 0 Å². The summed E-state index contributed by atoms with van der Waals surface area (Å²) in [5.74, 6) is 0.233. The van der Waals surface area contributed by atoms with Crippen molar-refractivity contribution in [2.45, 2.75) is 32.6 Å². The van der Waals surface area contributed by atoms with Crippen LogP contribution in [-0.2, 0) is 4.74 Å². The SMILES string of the molecule is CCOC(=O)c1csc(C2CCN(C(=O)c3c(-c4ccc(Cl)cc4)noc3C)CC2)n1. The second-order valence-corrected chi connectivity index (χ2v) is 8.65. The van der Waals surface area contributed by atoms with E-state index in [1.807, 2.05) is 17.0 Å². The van der Waals surface area contributed by atoms with Crippen molar-refractivity contribution in [3.05, 3.63) is 56.7 Å². The van der Waals surface area contributed by atoms with E-state index in [4.69, 9.17) is 20.9 Å². The van der Waals surface area contributed by atoms with Gasteiger partial charge in [-0.15, -0.1) is 11.3 Å². The Kier molecular flexibility index (Phi) is 6.38. The molecule has 1 aliphatic rings. The minimum atomic E-state index is -0.393. The maximum Gasteiger partial charge on any atom is 0.357 e. The zero-order valence-corrected chi connectivity index (χ0v) is 18.8. The number of piperidine rings is 1. The Morgan fingerprint density at radius 2 is 1.97 bits per heavy atom. The molecule has 0 atom stereocenters. The molecule has 1 fully saturated rings. The topological polar surface area (TPSA) is 85.5 Å². The Morgan fingerprint density at radius 3 is 2.65 bits per heavy atom. The molecule has 0 bridgehead atoms. The molecule has 1 aliphatic heterocycles. The van der Waals surface area contributed by atoms with Gasteiger partial charge in [0.15, 0.2) is 5.69 Å².